The van der Waals surface area contributed by atoms with Gasteiger partial charge in [-0.15, -0.1) is 0 Å². The Morgan fingerprint density at radius 3 is 2.61 bits per heavy atom. The lowest BCUT2D eigenvalue weighted by Crippen LogP contribution is -2.50. The number of para-hydroxylation sites is 1. The first-order valence-electron chi connectivity index (χ1n) is 10.8. The third-order valence-electron chi connectivity index (χ3n) is 6.31. The molecule has 0 aliphatic carbocycles. The normalized spacial score (nSPS) is 19.5. The molecule has 3 heterocycles. The Kier molecular flexibility index (Phi) is 4.88. The highest BCUT2D eigenvalue weighted by Crippen LogP contribution is 2.30. The van der Waals surface area contributed by atoms with E-state index in [9.17, 15) is 9.59 Å². The topological polar surface area (TPSA) is 69.9 Å². The molecular formula is C24H26N4O3. The van der Waals surface area contributed by atoms with Gasteiger partial charge in [-0.3, -0.25) is 9.59 Å². The second-order valence-corrected chi connectivity index (χ2v) is 8.39. The number of oxazole rings is 1. The van der Waals surface area contributed by atoms with Gasteiger partial charge in [0.2, 0.25) is 11.8 Å². The number of anilines is 2. The lowest BCUT2D eigenvalue weighted by molar-refractivity contribution is -0.136. The Morgan fingerprint density at radius 2 is 1.84 bits per heavy atom. The van der Waals surface area contributed by atoms with Crippen molar-refractivity contribution in [1.82, 2.24) is 9.88 Å². The third kappa shape index (κ3) is 3.65. The molecule has 7 heteroatoms. The van der Waals surface area contributed by atoms with Crippen molar-refractivity contribution in [2.24, 2.45) is 5.92 Å². The zero-order valence-electron chi connectivity index (χ0n) is 17.9. The SMILES string of the molecule is Cc1nc2cc(N3C[C@@H](C(=O)N4CCN(c5ccccc5C)CC4)CC3=O)ccc2o1. The summed E-state index contributed by atoms with van der Waals surface area (Å²) in [5, 5.41) is 0. The average molecular weight is 418 g/mol. The molecule has 2 aliphatic rings. The van der Waals surface area contributed by atoms with Crippen molar-refractivity contribution < 1.29 is 14.0 Å². The van der Waals surface area contributed by atoms with Crippen LogP contribution in [0.3, 0.4) is 0 Å². The fourth-order valence-electron chi connectivity index (χ4n) is 4.67. The minimum absolute atomic E-state index is 0.0172. The number of hydrogen-bond donors (Lipinski definition) is 0. The standard InChI is InChI=1S/C24H26N4O3/c1-16-5-3-4-6-21(16)26-9-11-27(12-10-26)24(30)18-13-23(29)28(15-18)19-7-8-22-20(14-19)25-17(2)31-22/h3-8,14,18H,9-13,15H2,1-2H3/t18-/m0/s1. The van der Waals surface area contributed by atoms with Crippen LogP contribution in [-0.4, -0.2) is 54.4 Å². The van der Waals surface area contributed by atoms with Crippen LogP contribution in [0.2, 0.25) is 0 Å². The van der Waals surface area contributed by atoms with Crippen LogP contribution in [-0.2, 0) is 9.59 Å². The molecule has 160 valence electrons. The van der Waals surface area contributed by atoms with Crippen molar-refractivity contribution in [1.29, 1.82) is 0 Å². The number of carbonyl (C=O) groups is 2. The Labute approximate surface area is 181 Å². The van der Waals surface area contributed by atoms with Gasteiger partial charge in [0.05, 0.1) is 5.92 Å². The molecule has 0 unspecified atom stereocenters. The Morgan fingerprint density at radius 1 is 1.06 bits per heavy atom. The number of hydrogen-bond acceptors (Lipinski definition) is 5. The predicted octanol–water partition coefficient (Wildman–Crippen LogP) is 3.15. The zero-order valence-corrected chi connectivity index (χ0v) is 17.9. The van der Waals surface area contributed by atoms with Crippen LogP contribution in [0.1, 0.15) is 17.9 Å². The van der Waals surface area contributed by atoms with Crippen LogP contribution in [0.5, 0.6) is 0 Å². The van der Waals surface area contributed by atoms with Crippen LogP contribution >= 0.6 is 0 Å². The van der Waals surface area contributed by atoms with E-state index >= 15 is 0 Å². The maximum Gasteiger partial charge on any atom is 0.228 e. The van der Waals surface area contributed by atoms with Crippen LogP contribution in [0.25, 0.3) is 11.1 Å². The number of aromatic nitrogens is 1. The lowest BCUT2D eigenvalue weighted by Gasteiger charge is -2.37. The highest BCUT2D eigenvalue weighted by molar-refractivity contribution is 6.01. The Balaban J connectivity index is 1.24. The molecule has 0 spiro atoms. The quantitative estimate of drug-likeness (QED) is 0.654. The van der Waals surface area contributed by atoms with E-state index in [0.717, 1.165) is 24.3 Å². The minimum atomic E-state index is -0.299. The van der Waals surface area contributed by atoms with Gasteiger partial charge in [-0.05, 0) is 36.8 Å². The maximum absolute atomic E-state index is 13.1. The number of benzene rings is 2. The summed E-state index contributed by atoms with van der Waals surface area (Å²) in [4.78, 5) is 36.1. The number of carbonyl (C=O) groups excluding carboxylic acids is 2. The third-order valence-corrected chi connectivity index (χ3v) is 6.31. The van der Waals surface area contributed by atoms with Gasteiger partial charge >= 0.3 is 0 Å². The van der Waals surface area contributed by atoms with Crippen molar-refractivity contribution in [3.05, 3.63) is 53.9 Å². The molecule has 2 aliphatic heterocycles. The van der Waals surface area contributed by atoms with Gasteiger partial charge in [0.1, 0.15) is 5.52 Å². The summed E-state index contributed by atoms with van der Waals surface area (Å²) in [5.74, 6) is 0.361. The fourth-order valence-corrected chi connectivity index (χ4v) is 4.67. The van der Waals surface area contributed by atoms with Crippen molar-refractivity contribution >= 4 is 34.3 Å². The average Bonchev–Trinajstić information content (AvgIpc) is 3.34. The van der Waals surface area contributed by atoms with Gasteiger partial charge in [0, 0.05) is 57.4 Å². The highest BCUT2D eigenvalue weighted by Gasteiger charge is 2.38. The van der Waals surface area contributed by atoms with Crippen LogP contribution in [0, 0.1) is 19.8 Å². The first-order valence-corrected chi connectivity index (χ1v) is 10.8. The van der Waals surface area contributed by atoms with E-state index in [1.54, 1.807) is 11.8 Å². The molecule has 0 radical (unpaired) electrons. The van der Waals surface area contributed by atoms with E-state index in [2.05, 4.69) is 35.0 Å². The molecule has 2 aromatic carbocycles. The van der Waals surface area contributed by atoms with Gasteiger partial charge in [-0.25, -0.2) is 4.98 Å². The molecule has 31 heavy (non-hydrogen) atoms. The molecule has 2 fully saturated rings. The lowest BCUT2D eigenvalue weighted by atomic mass is 10.1. The molecule has 7 nitrogen and oxygen atoms in total. The Hall–Kier alpha value is -3.35. The van der Waals surface area contributed by atoms with Gasteiger partial charge in [-0.2, -0.15) is 0 Å². The van der Waals surface area contributed by atoms with Crippen molar-refractivity contribution in [3.8, 4) is 0 Å². The monoisotopic (exact) mass is 418 g/mol. The minimum Gasteiger partial charge on any atom is -0.441 e. The smallest absolute Gasteiger partial charge is 0.228 e. The van der Waals surface area contributed by atoms with E-state index < -0.39 is 0 Å². The second-order valence-electron chi connectivity index (χ2n) is 8.39. The number of aryl methyl sites for hydroxylation is 2. The van der Waals surface area contributed by atoms with Gasteiger partial charge < -0.3 is 19.1 Å². The molecule has 2 amide bonds. The largest absolute Gasteiger partial charge is 0.441 e. The first-order chi connectivity index (χ1) is 15.0. The summed E-state index contributed by atoms with van der Waals surface area (Å²) in [7, 11) is 0. The van der Waals surface area contributed by atoms with E-state index in [-0.39, 0.29) is 24.2 Å². The molecule has 3 aromatic rings. The van der Waals surface area contributed by atoms with Gasteiger partial charge in [-0.1, -0.05) is 18.2 Å². The van der Waals surface area contributed by atoms with Crippen LogP contribution in [0.4, 0.5) is 11.4 Å². The number of fused-ring (bicyclic) bond motifs is 1. The molecule has 1 aromatic heterocycles. The molecule has 0 saturated carbocycles. The summed E-state index contributed by atoms with van der Waals surface area (Å²) in [6.07, 6.45) is 0.257. The van der Waals surface area contributed by atoms with Crippen molar-refractivity contribution in [2.45, 2.75) is 20.3 Å². The maximum atomic E-state index is 13.1. The van der Waals surface area contributed by atoms with Crippen molar-refractivity contribution in [3.63, 3.8) is 0 Å². The zero-order chi connectivity index (χ0) is 21.5. The first kappa shape index (κ1) is 19.6. The van der Waals surface area contributed by atoms with E-state index in [1.165, 1.54) is 11.3 Å². The number of rotatable bonds is 3. The van der Waals surface area contributed by atoms with Crippen molar-refractivity contribution in [2.75, 3.05) is 42.5 Å². The Bertz CT molecular complexity index is 1150. The molecule has 1 atom stereocenters. The highest BCUT2D eigenvalue weighted by atomic mass is 16.3. The molecule has 0 N–H and O–H groups in total. The molecule has 2 saturated heterocycles. The summed E-state index contributed by atoms with van der Waals surface area (Å²) in [6, 6.07) is 13.9. The summed E-state index contributed by atoms with van der Waals surface area (Å²) in [5.41, 5.74) is 4.68. The van der Waals surface area contributed by atoms with E-state index in [4.69, 9.17) is 4.42 Å². The van der Waals surface area contributed by atoms with E-state index in [1.807, 2.05) is 29.2 Å². The number of piperazine rings is 1. The summed E-state index contributed by atoms with van der Waals surface area (Å²) >= 11 is 0. The number of amides is 2. The second kappa shape index (κ2) is 7.72. The predicted molar refractivity (Wildman–Crippen MR) is 119 cm³/mol. The van der Waals surface area contributed by atoms with E-state index in [0.29, 0.717) is 31.1 Å². The van der Waals surface area contributed by atoms with Gasteiger partial charge in [0.25, 0.3) is 0 Å². The molecular weight excluding hydrogens is 392 g/mol. The number of nitrogens with zero attached hydrogens (tertiary/aromatic N) is 4. The molecule has 5 rings (SSSR count). The van der Waals surface area contributed by atoms with Crippen LogP contribution in [0.15, 0.2) is 46.9 Å². The fraction of sp³-hybridized carbons (Fsp3) is 0.375. The van der Waals surface area contributed by atoms with Gasteiger partial charge in [0.15, 0.2) is 11.5 Å². The summed E-state index contributed by atoms with van der Waals surface area (Å²) < 4.78 is 5.52. The molecule has 0 bridgehead atoms. The van der Waals surface area contributed by atoms with Crippen LogP contribution < -0.4 is 9.80 Å². The summed E-state index contributed by atoms with van der Waals surface area (Å²) in [6.45, 7) is 7.31.